The molecule has 2 unspecified atom stereocenters. The number of fused-ring (bicyclic) bond motifs is 6. The van der Waals surface area contributed by atoms with Gasteiger partial charge in [0.1, 0.15) is 11.4 Å². The van der Waals surface area contributed by atoms with Gasteiger partial charge < -0.3 is 107 Å². The maximum Gasteiger partial charge on any atom is 2.00 e. The summed E-state index contributed by atoms with van der Waals surface area (Å²) in [6.07, 6.45) is 26.2. The van der Waals surface area contributed by atoms with Crippen LogP contribution in [0.4, 0.5) is 13.2 Å². The van der Waals surface area contributed by atoms with Crippen molar-refractivity contribution >= 4 is 35.6 Å². The van der Waals surface area contributed by atoms with Gasteiger partial charge in [0.2, 0.25) is 0 Å². The van der Waals surface area contributed by atoms with Crippen LogP contribution in [0.15, 0.2) is 287 Å². The summed E-state index contributed by atoms with van der Waals surface area (Å²) in [7, 11) is 9.75. The van der Waals surface area contributed by atoms with Gasteiger partial charge in [-0.1, -0.05) is 152 Å². The Morgan fingerprint density at radius 2 is 0.803 bits per heavy atom. The number of hydrogen-bond donors (Lipinski definition) is 1. The summed E-state index contributed by atoms with van der Waals surface area (Å²) in [6.45, 7) is 18.4. The van der Waals surface area contributed by atoms with Crippen molar-refractivity contribution < 1.29 is 145 Å². The van der Waals surface area contributed by atoms with Crippen molar-refractivity contribution in [3.8, 4) is 91.4 Å². The maximum atomic E-state index is 12.2. The van der Waals surface area contributed by atoms with Crippen molar-refractivity contribution in [2.24, 2.45) is 5.41 Å². The van der Waals surface area contributed by atoms with E-state index in [0.29, 0.717) is 34.9 Å². The molecule has 35 nitrogen and oxygen atoms in total. The van der Waals surface area contributed by atoms with Gasteiger partial charge in [-0.3, -0.25) is 60.0 Å². The van der Waals surface area contributed by atoms with Crippen LogP contribution in [0, 0.1) is 47.0 Å². The van der Waals surface area contributed by atoms with Gasteiger partial charge in [0.25, 0.3) is 0 Å². The van der Waals surface area contributed by atoms with Crippen LogP contribution in [-0.2, 0) is 133 Å². The summed E-state index contributed by atoms with van der Waals surface area (Å²) in [5, 5.41) is 87.0. The van der Waals surface area contributed by atoms with Crippen molar-refractivity contribution in [2.45, 2.75) is 92.7 Å². The zero-order valence-corrected chi connectivity index (χ0v) is 88.7. The Bertz CT molecular complexity index is 6030. The molecule has 2 atom stereocenters. The van der Waals surface area contributed by atoms with E-state index >= 15 is 0 Å². The molecule has 1 aromatic carbocycles. The number of nitrogens with zero attached hydrogens (tertiary/aromatic N) is 33. The maximum absolute atomic E-state index is 12.2. The second kappa shape index (κ2) is 58.3. The van der Waals surface area contributed by atoms with Crippen LogP contribution >= 0.6 is 18.8 Å². The van der Waals surface area contributed by atoms with E-state index in [1.165, 1.54) is 53.3 Å². The quantitative estimate of drug-likeness (QED) is 0.140. The van der Waals surface area contributed by atoms with E-state index in [2.05, 4.69) is 218 Å². The largest absolute Gasteiger partial charge is 2.00 e. The molecule has 0 aliphatic heterocycles. The fraction of sp³-hybridized carbons (Fsp3) is 0.165. The van der Waals surface area contributed by atoms with Gasteiger partial charge in [-0.25, -0.2) is 9.78 Å². The third-order valence-electron chi connectivity index (χ3n) is 19.2. The second-order valence-corrected chi connectivity index (χ2v) is 31.8. The number of rotatable bonds is 9. The van der Waals surface area contributed by atoms with E-state index < -0.39 is 34.3 Å². The van der Waals surface area contributed by atoms with Crippen LogP contribution in [-0.4, -0.2) is 127 Å². The first-order chi connectivity index (χ1) is 64.0. The summed E-state index contributed by atoms with van der Waals surface area (Å²) < 4.78 is 36.6. The first-order valence-corrected chi connectivity index (χ1v) is 45.5. The van der Waals surface area contributed by atoms with Crippen molar-refractivity contribution in [3.05, 3.63) is 344 Å². The normalized spacial score (nSPS) is 12.5. The van der Waals surface area contributed by atoms with E-state index in [1.807, 2.05) is 131 Å². The van der Waals surface area contributed by atoms with E-state index in [-0.39, 0.29) is 128 Å². The number of carboxylic acid groups (broad SMARTS) is 1. The monoisotopic (exact) mass is 2960 g/mol. The minimum atomic E-state index is -4.46. The number of aryl methyl sites for hydroxylation is 6. The van der Waals surface area contributed by atoms with Crippen molar-refractivity contribution in [3.63, 3.8) is 0 Å². The van der Waals surface area contributed by atoms with Crippen molar-refractivity contribution in [1.82, 2.24) is 167 Å². The van der Waals surface area contributed by atoms with Crippen LogP contribution in [0.1, 0.15) is 101 Å². The molecule has 2 aliphatic carbocycles. The van der Waals surface area contributed by atoms with Gasteiger partial charge >= 0.3 is 132 Å². The number of halogens is 5. The Kier molecular flexibility index (Phi) is 48.2. The first kappa shape index (κ1) is 113. The van der Waals surface area contributed by atoms with E-state index in [4.69, 9.17) is 23.9 Å². The molecule has 2 bridgehead atoms. The third kappa shape index (κ3) is 34.1. The molecular weight excluding hydrogens is 2890 g/mol. The van der Waals surface area contributed by atoms with Crippen LogP contribution in [0.5, 0.6) is 0 Å². The molecular formula is C91H80Cl2F3N33O2Pt6-2. The average molecular weight is 2970 g/mol. The third-order valence-corrected chi connectivity index (χ3v) is 19.2. The van der Waals surface area contributed by atoms with Gasteiger partial charge in [-0.05, 0) is 173 Å². The molecule has 0 saturated heterocycles. The zero-order chi connectivity index (χ0) is 93.5. The molecule has 46 heteroatoms. The van der Waals surface area contributed by atoms with Gasteiger partial charge in [0.15, 0.2) is 0 Å². The minimum Gasteiger partial charge on any atom is -0.582 e. The number of aromatic nitrogens is 33. The summed E-state index contributed by atoms with van der Waals surface area (Å²) in [5.41, 5.74) is 16.3. The number of carbonyl (C=O) groups is 1. The number of benzene rings is 1. The number of hydrogen-bond acceptors (Lipinski definition) is 24. The minimum absolute atomic E-state index is 0. The van der Waals surface area contributed by atoms with Crippen LogP contribution in [0.25, 0.3) is 102 Å². The SMILES string of the molecule is CC12CCC(c3c1n[n-]c3-c1nccc3ccccc13)C2(C)C.Cc1cc(-c2ccccn2)[n-]n1.Cc1cc(-c2ccccn2)[n-]n1.Cc1cc(-c2cnccn2)[n-]n1.Cc1cc(-c2cnccn2)[n-]n1.Cc1n[n-]c(-c2ccccn2)n1.Cc1n[n-]c(-c2ccccn2)n1.FC(F)(F)c1cc(-c2ccccn2)[n-]n1.O=C(O)c1ccccn1.[Cl][Pt][Cl].[Pt+2].[Pt+2].[Pt+2].[Pt+2].[Pt].c1cn[n-]c1.c1cn[n-]c1. The molecule has 20 aromatic rings. The molecule has 718 valence electrons. The molecule has 19 aromatic heterocycles. The number of alkyl halides is 3. The standard InChI is InChI=1S/C20H20N3.C9H5F3N3.2C9H8N3.4C8H7N4.C6H5NO2.2C3H3N2.2ClH.6Pt/c1-19(2)14-8-10-20(19,3)18-15(14)17(22-23-18)16-13-7-5-4-6-12(13)9-11-21-16;10-9(11,12)8-5-7(14-15-8)6-3-1-2-4-13-6;2*1-7-6-9(12-11-7)8-4-2-3-5-10-8;2*1-6-4-7(12-11-6)8-5-9-2-3-10-8;2*1-6-10-8(12-11-6)7-4-2-3-5-9-7;8-6(9)5-3-1-2-4-7-5;2*1-2-4-5-3-1;;;;;;;;/h4-7,9,11,14H,8,10H2,1-3H3;1-5H;2*2-6H,1H3;4*2-5H,1H3;1-4H,(H,8,9);2*1-3H;2*1H;;;;;;/q8*-1;;2*-1;;;;5*+2/p-2. The summed E-state index contributed by atoms with van der Waals surface area (Å²) >= 11 is -0.472. The van der Waals surface area contributed by atoms with Crippen LogP contribution < -0.4 is 51.0 Å². The summed E-state index contributed by atoms with van der Waals surface area (Å²) in [5.74, 6) is 2.09. The van der Waals surface area contributed by atoms with E-state index in [1.54, 1.807) is 143 Å². The topological polar surface area (TPSA) is 475 Å². The molecule has 1 fully saturated rings. The number of aromatic carboxylic acids is 1. The predicted molar refractivity (Wildman–Crippen MR) is 480 cm³/mol. The van der Waals surface area contributed by atoms with Crippen molar-refractivity contribution in [1.29, 1.82) is 0 Å². The number of carboxylic acids is 1. The Hall–Kier alpha value is -12.4. The van der Waals surface area contributed by atoms with Crippen molar-refractivity contribution in [2.75, 3.05) is 0 Å². The Morgan fingerprint density at radius 3 is 1.12 bits per heavy atom. The molecule has 19 heterocycles. The van der Waals surface area contributed by atoms with Gasteiger partial charge in [0, 0.05) is 170 Å². The molecule has 0 amide bonds. The van der Waals surface area contributed by atoms with E-state index in [0.717, 1.165) is 97.2 Å². The molecule has 137 heavy (non-hydrogen) atoms. The summed E-state index contributed by atoms with van der Waals surface area (Å²) in [6, 6.07) is 54.9. The fourth-order valence-corrected chi connectivity index (χ4v) is 12.7. The Labute approximate surface area is 872 Å². The average Bonchev–Trinajstić information content (AvgIpc) is 1.52. The Balaban J connectivity index is 0.000000234. The zero-order valence-electron chi connectivity index (χ0n) is 73.5. The van der Waals surface area contributed by atoms with Gasteiger partial charge in [-0.15, -0.1) is 0 Å². The van der Waals surface area contributed by atoms with Gasteiger partial charge in [0.05, 0.1) is 40.9 Å². The molecule has 2 aliphatic rings. The molecule has 22 rings (SSSR count). The number of pyridine rings is 7. The smallest absolute Gasteiger partial charge is 0.582 e. The predicted octanol–water partition coefficient (Wildman–Crippen LogP) is 14.8. The fourth-order valence-electron chi connectivity index (χ4n) is 12.7. The molecule has 0 radical (unpaired) electrons. The van der Waals surface area contributed by atoms with Crippen LogP contribution in [0.2, 0.25) is 0 Å². The molecule has 0 spiro atoms. The van der Waals surface area contributed by atoms with E-state index in [9.17, 15) is 18.0 Å². The second-order valence-electron chi connectivity index (χ2n) is 28.6. The van der Waals surface area contributed by atoms with Crippen LogP contribution in [0.3, 0.4) is 0 Å². The van der Waals surface area contributed by atoms with Gasteiger partial charge in [-0.2, -0.15) is 25.6 Å². The molecule has 1 N–H and O–H groups in total. The first-order valence-electron chi connectivity index (χ1n) is 39.8. The molecule has 1 saturated carbocycles. The summed E-state index contributed by atoms with van der Waals surface area (Å²) in [4.78, 5) is 63.1. The Morgan fingerprint density at radius 1 is 0.416 bits per heavy atom.